The second kappa shape index (κ2) is 7.05. The van der Waals surface area contributed by atoms with E-state index < -0.39 is 0 Å². The summed E-state index contributed by atoms with van der Waals surface area (Å²) in [6.07, 6.45) is 5.62. The standard InChI is InChI=1S/C22H19N3/c1-2-6-20(7-3-1)24-22-9-5-4-8-21(22)19-12-10-18(11-13-19)16-25-15-14-23-17-25/h1-15,17,24H,16H2. The van der Waals surface area contributed by atoms with Gasteiger partial charge in [-0.2, -0.15) is 0 Å². The van der Waals surface area contributed by atoms with E-state index in [-0.39, 0.29) is 0 Å². The highest BCUT2D eigenvalue weighted by Crippen LogP contribution is 2.30. The molecule has 0 spiro atoms. The molecule has 0 radical (unpaired) electrons. The van der Waals surface area contributed by atoms with E-state index in [1.807, 2.05) is 30.7 Å². The van der Waals surface area contributed by atoms with Crippen LogP contribution in [0.5, 0.6) is 0 Å². The monoisotopic (exact) mass is 325 g/mol. The van der Waals surface area contributed by atoms with Crippen LogP contribution in [0.15, 0.2) is 97.6 Å². The Kier molecular flexibility index (Phi) is 4.29. The van der Waals surface area contributed by atoms with Crippen LogP contribution < -0.4 is 5.32 Å². The molecule has 25 heavy (non-hydrogen) atoms. The van der Waals surface area contributed by atoms with Crippen molar-refractivity contribution < 1.29 is 0 Å². The van der Waals surface area contributed by atoms with E-state index in [2.05, 4.69) is 75.5 Å². The number of rotatable bonds is 5. The SMILES string of the molecule is c1ccc(Nc2ccccc2-c2ccc(Cn3ccnc3)cc2)cc1. The zero-order chi connectivity index (χ0) is 16.9. The first-order valence-corrected chi connectivity index (χ1v) is 8.35. The Labute approximate surface area is 147 Å². The Hall–Kier alpha value is -3.33. The van der Waals surface area contributed by atoms with Gasteiger partial charge in [-0.05, 0) is 29.3 Å². The van der Waals surface area contributed by atoms with E-state index in [0.717, 1.165) is 17.9 Å². The number of imidazole rings is 1. The third-order valence-electron chi connectivity index (χ3n) is 4.17. The average Bonchev–Trinajstić information content (AvgIpc) is 3.17. The van der Waals surface area contributed by atoms with Gasteiger partial charge in [0.15, 0.2) is 0 Å². The first-order valence-electron chi connectivity index (χ1n) is 8.35. The molecule has 3 nitrogen and oxygen atoms in total. The van der Waals surface area contributed by atoms with E-state index in [1.54, 1.807) is 6.20 Å². The molecule has 3 heteroatoms. The first kappa shape index (κ1) is 15.2. The summed E-state index contributed by atoms with van der Waals surface area (Å²) in [5, 5.41) is 3.51. The molecule has 3 aromatic carbocycles. The number of aromatic nitrogens is 2. The van der Waals surface area contributed by atoms with Crippen molar-refractivity contribution in [2.24, 2.45) is 0 Å². The Balaban J connectivity index is 1.59. The molecule has 0 saturated carbocycles. The third-order valence-corrected chi connectivity index (χ3v) is 4.17. The molecule has 0 atom stereocenters. The number of para-hydroxylation sites is 2. The molecule has 0 fully saturated rings. The first-order chi connectivity index (χ1) is 12.4. The normalized spacial score (nSPS) is 10.6. The van der Waals surface area contributed by atoms with E-state index in [4.69, 9.17) is 0 Å². The lowest BCUT2D eigenvalue weighted by atomic mass is 10.0. The fourth-order valence-electron chi connectivity index (χ4n) is 2.90. The van der Waals surface area contributed by atoms with Crippen LogP contribution in [0, 0.1) is 0 Å². The summed E-state index contributed by atoms with van der Waals surface area (Å²) in [5.74, 6) is 0. The summed E-state index contributed by atoms with van der Waals surface area (Å²) in [6, 6.07) is 27.3. The minimum Gasteiger partial charge on any atom is -0.355 e. The average molecular weight is 325 g/mol. The van der Waals surface area contributed by atoms with E-state index in [9.17, 15) is 0 Å². The highest BCUT2D eigenvalue weighted by Gasteiger charge is 2.05. The van der Waals surface area contributed by atoms with Gasteiger partial charge in [-0.15, -0.1) is 0 Å². The summed E-state index contributed by atoms with van der Waals surface area (Å²) in [5.41, 5.74) is 5.85. The Morgan fingerprint density at radius 2 is 1.56 bits per heavy atom. The topological polar surface area (TPSA) is 29.9 Å². The van der Waals surface area contributed by atoms with Crippen molar-refractivity contribution in [1.29, 1.82) is 0 Å². The Morgan fingerprint density at radius 1 is 0.800 bits per heavy atom. The maximum atomic E-state index is 4.09. The molecule has 1 N–H and O–H groups in total. The van der Waals surface area contributed by atoms with Crippen molar-refractivity contribution in [2.75, 3.05) is 5.32 Å². The molecule has 0 aliphatic rings. The highest BCUT2D eigenvalue weighted by molar-refractivity contribution is 5.81. The van der Waals surface area contributed by atoms with Gasteiger partial charge in [0.05, 0.1) is 6.33 Å². The number of nitrogens with one attached hydrogen (secondary N) is 1. The number of hydrogen-bond acceptors (Lipinski definition) is 2. The van der Waals surface area contributed by atoms with Gasteiger partial charge in [-0.3, -0.25) is 0 Å². The molecule has 122 valence electrons. The largest absolute Gasteiger partial charge is 0.355 e. The van der Waals surface area contributed by atoms with E-state index in [0.29, 0.717) is 0 Å². The van der Waals surface area contributed by atoms with E-state index >= 15 is 0 Å². The van der Waals surface area contributed by atoms with Crippen molar-refractivity contribution >= 4 is 11.4 Å². The van der Waals surface area contributed by atoms with Crippen LogP contribution in [0.25, 0.3) is 11.1 Å². The fraction of sp³-hybridized carbons (Fsp3) is 0.0455. The van der Waals surface area contributed by atoms with Gasteiger partial charge in [0.25, 0.3) is 0 Å². The number of benzene rings is 3. The molecule has 4 aromatic rings. The number of hydrogen-bond donors (Lipinski definition) is 1. The molecule has 0 aliphatic carbocycles. The fourth-order valence-corrected chi connectivity index (χ4v) is 2.90. The van der Waals surface area contributed by atoms with Gasteiger partial charge in [-0.1, -0.05) is 60.7 Å². The second-order valence-corrected chi connectivity index (χ2v) is 5.97. The lowest BCUT2D eigenvalue weighted by Crippen LogP contribution is -1.96. The van der Waals surface area contributed by atoms with Crippen molar-refractivity contribution in [3.8, 4) is 11.1 Å². The molecule has 0 aliphatic heterocycles. The van der Waals surface area contributed by atoms with Crippen LogP contribution in [0.3, 0.4) is 0 Å². The predicted octanol–water partition coefficient (Wildman–Crippen LogP) is 5.34. The van der Waals surface area contributed by atoms with Gasteiger partial charge in [-0.25, -0.2) is 4.98 Å². The van der Waals surface area contributed by atoms with Crippen LogP contribution in [0.2, 0.25) is 0 Å². The van der Waals surface area contributed by atoms with Crippen molar-refractivity contribution in [1.82, 2.24) is 9.55 Å². The summed E-state index contributed by atoms with van der Waals surface area (Å²) in [4.78, 5) is 4.09. The van der Waals surface area contributed by atoms with Crippen molar-refractivity contribution in [2.45, 2.75) is 6.54 Å². The van der Waals surface area contributed by atoms with E-state index in [1.165, 1.54) is 16.7 Å². The van der Waals surface area contributed by atoms with Gasteiger partial charge < -0.3 is 9.88 Å². The van der Waals surface area contributed by atoms with Gasteiger partial charge in [0, 0.05) is 35.9 Å². The zero-order valence-corrected chi connectivity index (χ0v) is 13.8. The maximum absolute atomic E-state index is 4.09. The van der Waals surface area contributed by atoms with Crippen LogP contribution in [-0.2, 0) is 6.54 Å². The number of anilines is 2. The molecule has 1 heterocycles. The third kappa shape index (κ3) is 3.61. The Morgan fingerprint density at radius 3 is 2.32 bits per heavy atom. The van der Waals surface area contributed by atoms with Crippen molar-refractivity contribution in [3.05, 3.63) is 103 Å². The van der Waals surface area contributed by atoms with Gasteiger partial charge >= 0.3 is 0 Å². The lowest BCUT2D eigenvalue weighted by molar-refractivity contribution is 0.797. The van der Waals surface area contributed by atoms with Crippen LogP contribution >= 0.6 is 0 Å². The van der Waals surface area contributed by atoms with Crippen LogP contribution in [0.1, 0.15) is 5.56 Å². The summed E-state index contributed by atoms with van der Waals surface area (Å²) >= 11 is 0. The van der Waals surface area contributed by atoms with Crippen molar-refractivity contribution in [3.63, 3.8) is 0 Å². The molecular weight excluding hydrogens is 306 g/mol. The Bertz CT molecular complexity index is 927. The molecular formula is C22H19N3. The van der Waals surface area contributed by atoms with Gasteiger partial charge in [0.2, 0.25) is 0 Å². The quantitative estimate of drug-likeness (QED) is 0.536. The second-order valence-electron chi connectivity index (χ2n) is 5.97. The molecule has 0 saturated heterocycles. The van der Waals surface area contributed by atoms with Crippen LogP contribution in [-0.4, -0.2) is 9.55 Å². The number of nitrogens with zero attached hydrogens (tertiary/aromatic N) is 2. The minimum absolute atomic E-state index is 0.837. The summed E-state index contributed by atoms with van der Waals surface area (Å²) in [6.45, 7) is 0.837. The smallest absolute Gasteiger partial charge is 0.0949 e. The molecule has 0 amide bonds. The van der Waals surface area contributed by atoms with Crippen LogP contribution in [0.4, 0.5) is 11.4 Å². The predicted molar refractivity (Wildman–Crippen MR) is 103 cm³/mol. The lowest BCUT2D eigenvalue weighted by Gasteiger charge is -2.13. The zero-order valence-electron chi connectivity index (χ0n) is 13.8. The molecule has 0 bridgehead atoms. The molecule has 4 rings (SSSR count). The highest BCUT2D eigenvalue weighted by atomic mass is 15.0. The molecule has 1 aromatic heterocycles. The minimum atomic E-state index is 0.837. The molecule has 0 unspecified atom stereocenters. The summed E-state index contributed by atoms with van der Waals surface area (Å²) < 4.78 is 2.07. The van der Waals surface area contributed by atoms with Gasteiger partial charge in [0.1, 0.15) is 0 Å². The maximum Gasteiger partial charge on any atom is 0.0949 e. The summed E-state index contributed by atoms with van der Waals surface area (Å²) in [7, 11) is 0.